The molecular weight excluding hydrogens is 556 g/mol. The maximum absolute atomic E-state index is 6.98. The van der Waals surface area contributed by atoms with Crippen LogP contribution in [-0.4, -0.2) is 0 Å². The molecule has 2 nitrogen and oxygen atoms in total. The number of nitrogen functional groups attached to an aromatic ring is 2. The molecule has 0 saturated heterocycles. The normalized spacial score (nSPS) is 16.3. The molecular formula is C44H44N2. The van der Waals surface area contributed by atoms with E-state index in [1.54, 1.807) is 0 Å². The highest BCUT2D eigenvalue weighted by atomic mass is 14.6. The van der Waals surface area contributed by atoms with Crippen LogP contribution in [0.3, 0.4) is 0 Å². The van der Waals surface area contributed by atoms with E-state index >= 15 is 0 Å². The van der Waals surface area contributed by atoms with Gasteiger partial charge >= 0.3 is 0 Å². The van der Waals surface area contributed by atoms with Crippen LogP contribution in [0.1, 0.15) is 87.2 Å². The molecule has 0 bridgehead atoms. The van der Waals surface area contributed by atoms with E-state index in [1.807, 2.05) is 12.1 Å². The maximum Gasteiger partial charge on any atom is 0.0481 e. The minimum absolute atomic E-state index is 0.700. The Morgan fingerprint density at radius 1 is 0.391 bits per heavy atom. The van der Waals surface area contributed by atoms with Crippen molar-refractivity contribution in [1.29, 1.82) is 0 Å². The van der Waals surface area contributed by atoms with Crippen LogP contribution in [0.25, 0.3) is 54.9 Å². The smallest absolute Gasteiger partial charge is 0.0481 e. The summed E-state index contributed by atoms with van der Waals surface area (Å²) in [6.07, 6.45) is 13.4. The van der Waals surface area contributed by atoms with Gasteiger partial charge in [0.05, 0.1) is 0 Å². The molecule has 6 aromatic carbocycles. The minimum Gasteiger partial charge on any atom is -0.398 e. The molecule has 2 heteroatoms. The van der Waals surface area contributed by atoms with Gasteiger partial charge in [-0.25, -0.2) is 0 Å². The summed E-state index contributed by atoms with van der Waals surface area (Å²) in [6, 6.07) is 40.5. The first-order valence-electron chi connectivity index (χ1n) is 17.5. The standard InChI is InChI=1S/C44H44N2/c45-43-39-14-7-8-15-40(39)44(46)42-38(16-9-17-41(42)43)37-27-35(33-22-18-31(19-23-33)29-10-3-1-4-11-29)26-36(28-37)34-24-20-32(21-25-34)30-12-5-2-6-13-30/h7-9,14-30H,1-6,10-13,45-46H2. The molecule has 6 aromatic rings. The van der Waals surface area contributed by atoms with Gasteiger partial charge in [-0.1, -0.05) is 130 Å². The van der Waals surface area contributed by atoms with Crippen LogP contribution in [0.5, 0.6) is 0 Å². The van der Waals surface area contributed by atoms with E-state index in [0.29, 0.717) is 11.8 Å². The van der Waals surface area contributed by atoms with E-state index in [1.165, 1.54) is 97.6 Å². The largest absolute Gasteiger partial charge is 0.398 e. The third-order valence-corrected chi connectivity index (χ3v) is 11.0. The highest BCUT2D eigenvalue weighted by Gasteiger charge is 2.19. The predicted molar refractivity (Wildman–Crippen MR) is 198 cm³/mol. The zero-order valence-electron chi connectivity index (χ0n) is 26.8. The van der Waals surface area contributed by atoms with Crippen LogP contribution in [-0.2, 0) is 0 Å². The molecule has 2 aliphatic rings. The van der Waals surface area contributed by atoms with Crippen molar-refractivity contribution >= 4 is 32.9 Å². The Hall–Kier alpha value is -4.56. The van der Waals surface area contributed by atoms with Gasteiger partial charge in [-0.15, -0.1) is 0 Å². The first kappa shape index (κ1) is 28.9. The summed E-state index contributed by atoms with van der Waals surface area (Å²) in [6.45, 7) is 0. The fourth-order valence-corrected chi connectivity index (χ4v) is 8.42. The summed E-state index contributed by atoms with van der Waals surface area (Å²) < 4.78 is 0. The second kappa shape index (κ2) is 12.3. The second-order valence-electron chi connectivity index (χ2n) is 13.8. The lowest BCUT2D eigenvalue weighted by molar-refractivity contribution is 0.443. The molecule has 0 radical (unpaired) electrons. The fourth-order valence-electron chi connectivity index (χ4n) is 8.42. The van der Waals surface area contributed by atoms with Crippen LogP contribution >= 0.6 is 0 Å². The molecule has 2 saturated carbocycles. The molecule has 0 unspecified atom stereocenters. The van der Waals surface area contributed by atoms with Gasteiger partial charge in [-0.2, -0.15) is 0 Å². The Balaban J connectivity index is 1.27. The average Bonchev–Trinajstić information content (AvgIpc) is 3.14. The zero-order chi connectivity index (χ0) is 31.0. The van der Waals surface area contributed by atoms with Crippen molar-refractivity contribution in [3.63, 3.8) is 0 Å². The van der Waals surface area contributed by atoms with Gasteiger partial charge in [-0.3, -0.25) is 0 Å². The molecule has 0 aliphatic heterocycles. The fraction of sp³-hybridized carbons (Fsp3) is 0.273. The van der Waals surface area contributed by atoms with Gasteiger partial charge in [0, 0.05) is 32.9 Å². The number of anilines is 2. The Kier molecular flexibility index (Phi) is 7.74. The monoisotopic (exact) mass is 600 g/mol. The average molecular weight is 601 g/mol. The maximum atomic E-state index is 6.98. The molecule has 0 aromatic heterocycles. The van der Waals surface area contributed by atoms with Gasteiger partial charge in [0.25, 0.3) is 0 Å². The van der Waals surface area contributed by atoms with Crippen molar-refractivity contribution in [3.05, 3.63) is 120 Å². The third kappa shape index (κ3) is 5.34. The first-order valence-corrected chi connectivity index (χ1v) is 17.5. The number of nitrogens with two attached hydrogens (primary N) is 2. The van der Waals surface area contributed by atoms with Crippen molar-refractivity contribution in [1.82, 2.24) is 0 Å². The molecule has 0 spiro atoms. The summed E-state index contributed by atoms with van der Waals surface area (Å²) >= 11 is 0. The van der Waals surface area contributed by atoms with E-state index in [2.05, 4.69) is 97.1 Å². The summed E-state index contributed by atoms with van der Waals surface area (Å²) in [5.41, 5.74) is 25.6. The number of rotatable bonds is 5. The number of fused-ring (bicyclic) bond motifs is 2. The SMILES string of the molecule is Nc1c2ccccc2c(N)c2c(-c3cc(-c4ccc(C5CCCCC5)cc4)cc(-c4ccc(C5CCCCC5)cc4)c3)cccc12. The lowest BCUT2D eigenvalue weighted by atomic mass is 9.83. The summed E-state index contributed by atoms with van der Waals surface area (Å²) in [7, 11) is 0. The van der Waals surface area contributed by atoms with E-state index in [0.717, 1.165) is 44.0 Å². The Labute approximate surface area is 273 Å². The number of hydrogen-bond acceptors (Lipinski definition) is 2. The van der Waals surface area contributed by atoms with Crippen LogP contribution in [0.15, 0.2) is 109 Å². The predicted octanol–water partition coefficient (Wildman–Crippen LogP) is 12.3. The Morgan fingerprint density at radius 3 is 1.37 bits per heavy atom. The van der Waals surface area contributed by atoms with E-state index in [4.69, 9.17) is 11.5 Å². The van der Waals surface area contributed by atoms with Crippen LogP contribution in [0.2, 0.25) is 0 Å². The molecule has 0 heterocycles. The third-order valence-electron chi connectivity index (χ3n) is 11.0. The van der Waals surface area contributed by atoms with Gasteiger partial charge in [0.15, 0.2) is 0 Å². The van der Waals surface area contributed by atoms with E-state index in [9.17, 15) is 0 Å². The number of hydrogen-bond donors (Lipinski definition) is 2. The Bertz CT molecular complexity index is 1930. The molecule has 230 valence electrons. The minimum atomic E-state index is 0.700. The molecule has 0 atom stereocenters. The highest BCUT2D eigenvalue weighted by Crippen LogP contribution is 2.44. The van der Waals surface area contributed by atoms with Crippen LogP contribution in [0.4, 0.5) is 11.4 Å². The van der Waals surface area contributed by atoms with Crippen LogP contribution in [0, 0.1) is 0 Å². The van der Waals surface area contributed by atoms with Gasteiger partial charge in [0.2, 0.25) is 0 Å². The van der Waals surface area contributed by atoms with Crippen molar-refractivity contribution < 1.29 is 0 Å². The highest BCUT2D eigenvalue weighted by molar-refractivity contribution is 6.22. The van der Waals surface area contributed by atoms with Gasteiger partial charge in [-0.05, 0) is 100 Å². The molecule has 2 fully saturated rings. The topological polar surface area (TPSA) is 52.0 Å². The van der Waals surface area contributed by atoms with Crippen LogP contribution < -0.4 is 11.5 Å². The van der Waals surface area contributed by atoms with Crippen molar-refractivity contribution in [2.45, 2.75) is 76.0 Å². The van der Waals surface area contributed by atoms with Gasteiger partial charge in [0.1, 0.15) is 0 Å². The molecule has 0 amide bonds. The van der Waals surface area contributed by atoms with Crippen molar-refractivity contribution in [2.75, 3.05) is 11.5 Å². The number of benzene rings is 6. The van der Waals surface area contributed by atoms with E-state index < -0.39 is 0 Å². The van der Waals surface area contributed by atoms with Crippen molar-refractivity contribution in [3.8, 4) is 33.4 Å². The lowest BCUT2D eigenvalue weighted by Gasteiger charge is -2.22. The van der Waals surface area contributed by atoms with Crippen molar-refractivity contribution in [2.24, 2.45) is 0 Å². The Morgan fingerprint density at radius 2 is 0.848 bits per heavy atom. The summed E-state index contributed by atoms with van der Waals surface area (Å²) in [4.78, 5) is 0. The van der Waals surface area contributed by atoms with Gasteiger partial charge < -0.3 is 11.5 Å². The lowest BCUT2D eigenvalue weighted by Crippen LogP contribution is -2.04. The van der Waals surface area contributed by atoms with E-state index in [-0.39, 0.29) is 0 Å². The molecule has 4 N–H and O–H groups in total. The summed E-state index contributed by atoms with van der Waals surface area (Å²) in [5, 5.41) is 4.06. The molecule has 2 aliphatic carbocycles. The molecule has 46 heavy (non-hydrogen) atoms. The zero-order valence-corrected chi connectivity index (χ0v) is 26.8. The summed E-state index contributed by atoms with van der Waals surface area (Å²) in [5.74, 6) is 1.40. The molecule has 8 rings (SSSR count). The quantitative estimate of drug-likeness (QED) is 0.117. The first-order chi connectivity index (χ1) is 22.6. The second-order valence-corrected chi connectivity index (χ2v) is 13.8.